The molecule has 0 aliphatic carbocycles. The van der Waals surface area contributed by atoms with Crippen molar-refractivity contribution < 1.29 is 0 Å². The van der Waals surface area contributed by atoms with Crippen LogP contribution in [0.25, 0.3) is 0 Å². The van der Waals surface area contributed by atoms with Crippen molar-refractivity contribution in [3.63, 3.8) is 0 Å². The maximum absolute atomic E-state index is 8.90. The Morgan fingerprint density at radius 2 is 2.12 bits per heavy atom. The molecule has 1 rings (SSSR count). The van der Waals surface area contributed by atoms with Crippen molar-refractivity contribution in [1.29, 1.82) is 5.26 Å². The highest BCUT2D eigenvalue weighted by Crippen LogP contribution is 2.27. The topological polar surface area (TPSA) is 39.9 Å². The SMILES string of the molecule is CCC(CC)N(C)c1nccc(C#N)c1Cl. The van der Waals surface area contributed by atoms with Crippen molar-refractivity contribution in [2.45, 2.75) is 32.7 Å². The zero-order valence-corrected chi connectivity index (χ0v) is 10.6. The summed E-state index contributed by atoms with van der Waals surface area (Å²) in [6.45, 7) is 4.26. The van der Waals surface area contributed by atoms with Gasteiger partial charge in [-0.05, 0) is 18.9 Å². The van der Waals surface area contributed by atoms with Gasteiger partial charge in [0.2, 0.25) is 0 Å². The van der Waals surface area contributed by atoms with Crippen LogP contribution in [-0.4, -0.2) is 18.1 Å². The first-order valence-electron chi connectivity index (χ1n) is 5.43. The van der Waals surface area contributed by atoms with Crippen LogP contribution in [-0.2, 0) is 0 Å². The van der Waals surface area contributed by atoms with Gasteiger partial charge >= 0.3 is 0 Å². The molecule has 0 bridgehead atoms. The molecule has 0 amide bonds. The van der Waals surface area contributed by atoms with Gasteiger partial charge in [0.25, 0.3) is 0 Å². The summed E-state index contributed by atoms with van der Waals surface area (Å²) in [7, 11) is 1.97. The summed E-state index contributed by atoms with van der Waals surface area (Å²) in [6, 6.07) is 4.10. The molecule has 0 aliphatic rings. The van der Waals surface area contributed by atoms with Gasteiger partial charge < -0.3 is 4.90 Å². The number of aromatic nitrogens is 1. The molecule has 1 heterocycles. The molecule has 1 aromatic heterocycles. The van der Waals surface area contributed by atoms with E-state index in [4.69, 9.17) is 16.9 Å². The molecule has 86 valence electrons. The average molecular weight is 238 g/mol. The third-order valence-corrected chi connectivity index (χ3v) is 3.19. The molecule has 0 saturated heterocycles. The number of anilines is 1. The Kier molecular flexibility index (Phi) is 4.57. The van der Waals surface area contributed by atoms with E-state index in [1.165, 1.54) is 0 Å². The molecule has 0 saturated carbocycles. The van der Waals surface area contributed by atoms with E-state index in [9.17, 15) is 0 Å². The minimum Gasteiger partial charge on any atom is -0.355 e. The van der Waals surface area contributed by atoms with E-state index in [-0.39, 0.29) is 0 Å². The third kappa shape index (κ3) is 2.45. The van der Waals surface area contributed by atoms with E-state index in [0.717, 1.165) is 12.8 Å². The van der Waals surface area contributed by atoms with Crippen LogP contribution in [0.2, 0.25) is 5.02 Å². The number of halogens is 1. The Morgan fingerprint density at radius 1 is 1.50 bits per heavy atom. The zero-order chi connectivity index (χ0) is 12.1. The lowest BCUT2D eigenvalue weighted by Crippen LogP contribution is -2.31. The smallest absolute Gasteiger partial charge is 0.148 e. The molecule has 16 heavy (non-hydrogen) atoms. The Balaban J connectivity index is 3.09. The van der Waals surface area contributed by atoms with E-state index >= 15 is 0 Å². The predicted molar refractivity (Wildman–Crippen MR) is 66.7 cm³/mol. The number of nitrogens with zero attached hydrogens (tertiary/aromatic N) is 3. The highest BCUT2D eigenvalue weighted by Gasteiger charge is 2.16. The van der Waals surface area contributed by atoms with Crippen molar-refractivity contribution in [1.82, 2.24) is 4.98 Å². The maximum atomic E-state index is 8.90. The maximum Gasteiger partial charge on any atom is 0.148 e. The van der Waals surface area contributed by atoms with Crippen molar-refractivity contribution >= 4 is 17.4 Å². The second-order valence-electron chi connectivity index (χ2n) is 3.69. The summed E-state index contributed by atoms with van der Waals surface area (Å²) in [5.41, 5.74) is 0.476. The molecular weight excluding hydrogens is 222 g/mol. The molecule has 0 fully saturated rings. The van der Waals surface area contributed by atoms with Crippen LogP contribution >= 0.6 is 11.6 Å². The third-order valence-electron chi connectivity index (χ3n) is 2.82. The van der Waals surface area contributed by atoms with Crippen LogP contribution in [0, 0.1) is 11.3 Å². The van der Waals surface area contributed by atoms with E-state index in [1.54, 1.807) is 12.3 Å². The Bertz CT molecular complexity index is 394. The van der Waals surface area contributed by atoms with Gasteiger partial charge in [-0.3, -0.25) is 0 Å². The molecule has 0 atom stereocenters. The normalized spacial score (nSPS) is 10.2. The van der Waals surface area contributed by atoms with Gasteiger partial charge in [-0.2, -0.15) is 5.26 Å². The average Bonchev–Trinajstić information content (AvgIpc) is 2.30. The van der Waals surface area contributed by atoms with Crippen LogP contribution in [0.3, 0.4) is 0 Å². The first-order chi connectivity index (χ1) is 7.65. The number of pyridine rings is 1. The second kappa shape index (κ2) is 5.72. The highest BCUT2D eigenvalue weighted by atomic mass is 35.5. The van der Waals surface area contributed by atoms with E-state index in [1.807, 2.05) is 11.9 Å². The van der Waals surface area contributed by atoms with Crippen LogP contribution in [0.15, 0.2) is 12.3 Å². The summed E-state index contributed by atoms with van der Waals surface area (Å²) in [5.74, 6) is 0.689. The molecule has 0 unspecified atom stereocenters. The largest absolute Gasteiger partial charge is 0.355 e. The monoisotopic (exact) mass is 237 g/mol. The van der Waals surface area contributed by atoms with Gasteiger partial charge in [0.1, 0.15) is 16.9 Å². The van der Waals surface area contributed by atoms with E-state index in [2.05, 4.69) is 24.9 Å². The van der Waals surface area contributed by atoms with Crippen LogP contribution in [0.5, 0.6) is 0 Å². The van der Waals surface area contributed by atoms with Gasteiger partial charge in [0, 0.05) is 19.3 Å². The summed E-state index contributed by atoms with van der Waals surface area (Å²) in [4.78, 5) is 6.29. The second-order valence-corrected chi connectivity index (χ2v) is 4.07. The summed E-state index contributed by atoms with van der Waals surface area (Å²) >= 11 is 6.14. The Labute approximate surface area is 102 Å². The van der Waals surface area contributed by atoms with Crippen LogP contribution in [0.4, 0.5) is 5.82 Å². The molecule has 0 aliphatic heterocycles. The van der Waals surface area contributed by atoms with Crippen molar-refractivity contribution in [2.24, 2.45) is 0 Å². The Morgan fingerprint density at radius 3 is 2.62 bits per heavy atom. The first-order valence-corrected chi connectivity index (χ1v) is 5.80. The Hall–Kier alpha value is -1.27. The van der Waals surface area contributed by atoms with Crippen LogP contribution < -0.4 is 4.90 Å². The number of rotatable bonds is 4. The highest BCUT2D eigenvalue weighted by molar-refractivity contribution is 6.34. The van der Waals surface area contributed by atoms with Gasteiger partial charge in [-0.1, -0.05) is 25.4 Å². The van der Waals surface area contributed by atoms with Gasteiger partial charge in [-0.15, -0.1) is 0 Å². The minimum absolute atomic E-state index is 0.402. The predicted octanol–water partition coefficient (Wildman–Crippen LogP) is 3.23. The molecule has 3 nitrogen and oxygen atoms in total. The quantitative estimate of drug-likeness (QED) is 0.807. The van der Waals surface area contributed by atoms with Crippen molar-refractivity contribution in [3.05, 3.63) is 22.8 Å². The van der Waals surface area contributed by atoms with Crippen LogP contribution in [0.1, 0.15) is 32.3 Å². The molecule has 0 radical (unpaired) electrons. The zero-order valence-electron chi connectivity index (χ0n) is 9.87. The molecule has 1 aromatic rings. The number of hydrogen-bond donors (Lipinski definition) is 0. The molecule has 0 aromatic carbocycles. The molecule has 0 spiro atoms. The van der Waals surface area contributed by atoms with E-state index < -0.39 is 0 Å². The summed E-state index contributed by atoms with van der Waals surface area (Å²) < 4.78 is 0. The van der Waals surface area contributed by atoms with Crippen molar-refractivity contribution in [3.8, 4) is 6.07 Å². The minimum atomic E-state index is 0.402. The van der Waals surface area contributed by atoms with E-state index in [0.29, 0.717) is 22.4 Å². The van der Waals surface area contributed by atoms with Gasteiger partial charge in [-0.25, -0.2) is 4.98 Å². The molecular formula is C12H16ClN3. The summed E-state index contributed by atoms with van der Waals surface area (Å²) in [5, 5.41) is 9.34. The fourth-order valence-electron chi connectivity index (χ4n) is 1.77. The lowest BCUT2D eigenvalue weighted by atomic mass is 10.1. The molecule has 4 heteroatoms. The van der Waals surface area contributed by atoms with Gasteiger partial charge in [0.15, 0.2) is 0 Å². The fraction of sp³-hybridized carbons (Fsp3) is 0.500. The summed E-state index contributed by atoms with van der Waals surface area (Å²) in [6.07, 6.45) is 3.68. The first kappa shape index (κ1) is 12.8. The fourth-order valence-corrected chi connectivity index (χ4v) is 2.06. The standard InChI is InChI=1S/C12H16ClN3/c1-4-10(5-2)16(3)12-11(13)9(8-14)6-7-15-12/h6-7,10H,4-5H2,1-3H3. The lowest BCUT2D eigenvalue weighted by molar-refractivity contribution is 0.587. The number of hydrogen-bond acceptors (Lipinski definition) is 3. The van der Waals surface area contributed by atoms with Gasteiger partial charge in [0.05, 0.1) is 5.56 Å². The lowest BCUT2D eigenvalue weighted by Gasteiger charge is -2.28. The molecule has 0 N–H and O–H groups in total. The number of nitriles is 1. The van der Waals surface area contributed by atoms with Crippen molar-refractivity contribution in [2.75, 3.05) is 11.9 Å².